The number of imide groups is 1. The molecule has 0 aliphatic carbocycles. The van der Waals surface area contributed by atoms with Gasteiger partial charge in [-0.05, 0) is 60.3 Å². The number of halogens is 3. The Bertz CT molecular complexity index is 1330. The smallest absolute Gasteiger partial charge is 0.294 e. The van der Waals surface area contributed by atoms with E-state index in [1.807, 2.05) is 6.07 Å². The van der Waals surface area contributed by atoms with Gasteiger partial charge in [0, 0.05) is 31.3 Å². The summed E-state index contributed by atoms with van der Waals surface area (Å²) in [4.78, 5) is 38.9. The average molecular weight is 592 g/mol. The predicted molar refractivity (Wildman–Crippen MR) is 143 cm³/mol. The van der Waals surface area contributed by atoms with Gasteiger partial charge in [0.25, 0.3) is 11.1 Å². The van der Waals surface area contributed by atoms with Crippen LogP contribution in [0.3, 0.4) is 0 Å². The van der Waals surface area contributed by atoms with Crippen molar-refractivity contribution in [3.05, 3.63) is 97.3 Å². The lowest BCUT2D eigenvalue weighted by Crippen LogP contribution is -2.36. The van der Waals surface area contributed by atoms with E-state index >= 15 is 0 Å². The second-order valence-electron chi connectivity index (χ2n) is 7.39. The van der Waals surface area contributed by atoms with Crippen molar-refractivity contribution < 1.29 is 19.1 Å². The molecule has 1 aliphatic rings. The van der Waals surface area contributed by atoms with Gasteiger partial charge in [-0.25, -0.2) is 0 Å². The Labute approximate surface area is 224 Å². The monoisotopic (exact) mass is 590 g/mol. The summed E-state index contributed by atoms with van der Waals surface area (Å²) in [5.41, 5.74) is 1.91. The van der Waals surface area contributed by atoms with Gasteiger partial charge in [-0.1, -0.05) is 63.4 Å². The van der Waals surface area contributed by atoms with Crippen LogP contribution in [0.1, 0.15) is 11.1 Å². The number of amides is 3. The number of nitrogens with zero attached hydrogens (tertiary/aromatic N) is 1. The molecule has 178 valence electrons. The number of hydrogen-bond acceptors (Lipinski definition) is 5. The van der Waals surface area contributed by atoms with E-state index in [1.165, 1.54) is 0 Å². The molecule has 10 heteroatoms. The number of hydrogen-bond donors (Lipinski definition) is 1. The molecule has 3 aromatic carbocycles. The Kier molecular flexibility index (Phi) is 8.18. The number of para-hydroxylation sites is 1. The topological polar surface area (TPSA) is 75.7 Å². The molecule has 4 rings (SSSR count). The van der Waals surface area contributed by atoms with E-state index in [9.17, 15) is 14.4 Å². The molecule has 0 saturated carbocycles. The molecule has 0 unspecified atom stereocenters. The van der Waals surface area contributed by atoms with Crippen molar-refractivity contribution in [3.63, 3.8) is 0 Å². The van der Waals surface area contributed by atoms with Gasteiger partial charge in [0.2, 0.25) is 5.91 Å². The molecule has 35 heavy (non-hydrogen) atoms. The number of thioether (sulfide) groups is 1. The Morgan fingerprint density at radius 1 is 1.06 bits per heavy atom. The Morgan fingerprint density at radius 2 is 1.83 bits per heavy atom. The normalized spacial score (nSPS) is 14.5. The van der Waals surface area contributed by atoms with Crippen LogP contribution in [0.5, 0.6) is 5.75 Å². The fourth-order valence-corrected chi connectivity index (χ4v) is 4.87. The Morgan fingerprint density at radius 3 is 2.57 bits per heavy atom. The molecule has 0 bridgehead atoms. The molecule has 0 radical (unpaired) electrons. The summed E-state index contributed by atoms with van der Waals surface area (Å²) in [6.07, 6.45) is 1.57. The van der Waals surface area contributed by atoms with Crippen LogP contribution in [-0.2, 0) is 16.2 Å². The van der Waals surface area contributed by atoms with E-state index in [1.54, 1.807) is 66.7 Å². The van der Waals surface area contributed by atoms with Gasteiger partial charge in [-0.3, -0.25) is 19.3 Å². The highest BCUT2D eigenvalue weighted by atomic mass is 79.9. The van der Waals surface area contributed by atoms with Crippen LogP contribution < -0.4 is 10.1 Å². The average Bonchev–Trinajstić information content (AvgIpc) is 3.07. The maximum absolute atomic E-state index is 12.9. The van der Waals surface area contributed by atoms with Crippen molar-refractivity contribution in [2.75, 3.05) is 11.9 Å². The molecule has 3 aromatic rings. The second-order valence-corrected chi connectivity index (χ2v) is 10.1. The Hall–Kier alpha value is -2.78. The first kappa shape index (κ1) is 25.3. The Balaban J connectivity index is 1.49. The third-order valence-corrected chi connectivity index (χ3v) is 6.88. The quantitative estimate of drug-likeness (QED) is 0.299. The van der Waals surface area contributed by atoms with Gasteiger partial charge < -0.3 is 10.1 Å². The molecule has 1 N–H and O–H groups in total. The number of carbonyl (C=O) groups is 3. The first-order valence-electron chi connectivity index (χ1n) is 10.3. The fraction of sp³-hybridized carbons (Fsp3) is 0.0800. The van der Waals surface area contributed by atoms with Crippen molar-refractivity contribution >= 4 is 79.7 Å². The third kappa shape index (κ3) is 6.46. The van der Waals surface area contributed by atoms with Crippen molar-refractivity contribution in [2.45, 2.75) is 6.61 Å². The van der Waals surface area contributed by atoms with Crippen LogP contribution in [-0.4, -0.2) is 28.5 Å². The van der Waals surface area contributed by atoms with Crippen LogP contribution in [0.4, 0.5) is 10.5 Å². The molecule has 1 saturated heterocycles. The van der Waals surface area contributed by atoms with E-state index in [4.69, 9.17) is 27.9 Å². The molecular formula is C25H17BrCl2N2O4S. The fourth-order valence-electron chi connectivity index (χ4n) is 3.20. The van der Waals surface area contributed by atoms with E-state index in [-0.39, 0.29) is 18.1 Å². The maximum atomic E-state index is 12.9. The van der Waals surface area contributed by atoms with Crippen LogP contribution in [0.2, 0.25) is 10.0 Å². The lowest BCUT2D eigenvalue weighted by Gasteiger charge is -2.13. The minimum Gasteiger partial charge on any atom is -0.488 e. The number of carbonyl (C=O) groups excluding carboxylic acids is 3. The van der Waals surface area contributed by atoms with Gasteiger partial charge in [-0.2, -0.15) is 0 Å². The highest BCUT2D eigenvalue weighted by molar-refractivity contribution is 9.10. The molecule has 0 spiro atoms. The van der Waals surface area contributed by atoms with Crippen molar-refractivity contribution in [1.29, 1.82) is 0 Å². The van der Waals surface area contributed by atoms with Crippen molar-refractivity contribution in [3.8, 4) is 5.75 Å². The SMILES string of the molecule is O=C(CN1C(=O)S/C(=C\c2cc(Br)ccc2OCc2ccc(Cl)cc2Cl)C1=O)Nc1ccccc1. The van der Waals surface area contributed by atoms with Gasteiger partial charge in [0.1, 0.15) is 18.9 Å². The second kappa shape index (κ2) is 11.3. The summed E-state index contributed by atoms with van der Waals surface area (Å²) in [6.45, 7) is -0.201. The van der Waals surface area contributed by atoms with E-state index in [0.29, 0.717) is 27.0 Å². The maximum Gasteiger partial charge on any atom is 0.294 e. The van der Waals surface area contributed by atoms with Crippen LogP contribution >= 0.6 is 50.9 Å². The minimum atomic E-state index is -0.546. The predicted octanol–water partition coefficient (Wildman–Crippen LogP) is 7.01. The molecule has 1 fully saturated rings. The molecule has 1 aliphatic heterocycles. The summed E-state index contributed by atoms with van der Waals surface area (Å²) < 4.78 is 6.72. The van der Waals surface area contributed by atoms with Crippen LogP contribution in [0, 0.1) is 0 Å². The van der Waals surface area contributed by atoms with Crippen LogP contribution in [0.15, 0.2) is 76.1 Å². The van der Waals surface area contributed by atoms with Gasteiger partial charge >= 0.3 is 0 Å². The van der Waals surface area contributed by atoms with E-state index in [0.717, 1.165) is 26.7 Å². The number of anilines is 1. The molecule has 6 nitrogen and oxygen atoms in total. The highest BCUT2D eigenvalue weighted by Gasteiger charge is 2.36. The lowest BCUT2D eigenvalue weighted by molar-refractivity contribution is -0.127. The standard InChI is InChI=1S/C25H17BrCl2N2O4S/c26-17-7-9-21(34-14-15-6-8-18(27)12-20(15)28)16(10-17)11-22-24(32)30(25(33)35-22)13-23(31)29-19-4-2-1-3-5-19/h1-12H,13-14H2,(H,29,31)/b22-11-. The van der Waals surface area contributed by atoms with E-state index in [2.05, 4.69) is 21.2 Å². The summed E-state index contributed by atoms with van der Waals surface area (Å²) in [5, 5.41) is 3.16. The summed E-state index contributed by atoms with van der Waals surface area (Å²) in [6, 6.07) is 19.3. The molecule has 0 atom stereocenters. The minimum absolute atomic E-state index is 0.180. The zero-order valence-corrected chi connectivity index (χ0v) is 21.9. The molecule has 3 amide bonds. The molecule has 1 heterocycles. The summed E-state index contributed by atoms with van der Waals surface area (Å²) >= 11 is 16.4. The largest absolute Gasteiger partial charge is 0.488 e. The van der Waals surface area contributed by atoms with Gasteiger partial charge in [0.05, 0.1) is 4.91 Å². The van der Waals surface area contributed by atoms with Crippen molar-refractivity contribution in [2.24, 2.45) is 0 Å². The molecular weight excluding hydrogens is 575 g/mol. The summed E-state index contributed by atoms with van der Waals surface area (Å²) in [7, 11) is 0. The zero-order chi connectivity index (χ0) is 24.9. The van der Waals surface area contributed by atoms with Gasteiger partial charge in [0.15, 0.2) is 0 Å². The zero-order valence-electron chi connectivity index (χ0n) is 18.0. The van der Waals surface area contributed by atoms with Crippen LogP contribution in [0.25, 0.3) is 6.08 Å². The first-order chi connectivity index (χ1) is 16.8. The number of nitrogens with one attached hydrogen (secondary N) is 1. The number of benzene rings is 3. The first-order valence-corrected chi connectivity index (χ1v) is 12.6. The third-order valence-electron chi connectivity index (χ3n) is 4.89. The number of ether oxygens (including phenoxy) is 1. The highest BCUT2D eigenvalue weighted by Crippen LogP contribution is 2.35. The number of rotatable bonds is 7. The van der Waals surface area contributed by atoms with Crippen molar-refractivity contribution in [1.82, 2.24) is 4.90 Å². The lowest BCUT2D eigenvalue weighted by atomic mass is 10.1. The molecule has 0 aromatic heterocycles. The summed E-state index contributed by atoms with van der Waals surface area (Å²) in [5.74, 6) is -0.520. The van der Waals surface area contributed by atoms with E-state index < -0.39 is 17.1 Å². The van der Waals surface area contributed by atoms with Gasteiger partial charge in [-0.15, -0.1) is 0 Å².